The van der Waals surface area contributed by atoms with E-state index >= 15 is 0 Å². The summed E-state index contributed by atoms with van der Waals surface area (Å²) in [7, 11) is 0. The number of ketones is 2. The third-order valence-electron chi connectivity index (χ3n) is 4.95. The predicted molar refractivity (Wildman–Crippen MR) is 90.3 cm³/mol. The number of allylic oxidation sites excluding steroid dienone is 1. The van der Waals surface area contributed by atoms with Crippen LogP contribution in [0.15, 0.2) is 48.0 Å². The van der Waals surface area contributed by atoms with Gasteiger partial charge in [-0.25, -0.2) is 4.79 Å². The molecule has 1 spiro atoms. The number of benzene rings is 2. The molecule has 0 bridgehead atoms. The fourth-order valence-corrected chi connectivity index (χ4v) is 3.86. The Hall–Kier alpha value is -3.47. The molecule has 120 valence electrons. The highest BCUT2D eigenvalue weighted by Gasteiger charge is 2.55. The summed E-state index contributed by atoms with van der Waals surface area (Å²) in [6, 6.07) is 12.3. The minimum Gasteiger partial charge on any atom is -0.420 e. The summed E-state index contributed by atoms with van der Waals surface area (Å²) in [5.74, 6) is -1.97. The number of carbonyl (C=O) groups excluding carboxylic acids is 3. The maximum absolute atomic E-state index is 13.1. The maximum Gasteiger partial charge on any atom is 0.381 e. The van der Waals surface area contributed by atoms with Crippen molar-refractivity contribution in [3.63, 3.8) is 0 Å². The van der Waals surface area contributed by atoms with Gasteiger partial charge in [0.05, 0.1) is 11.1 Å². The smallest absolute Gasteiger partial charge is 0.381 e. The van der Waals surface area contributed by atoms with Gasteiger partial charge in [-0.2, -0.15) is 0 Å². The topological polar surface area (TPSA) is 86.5 Å². The number of Topliss-reactive ketones (excluding diaryl/α,β-unsaturated/α-hetero) is 2. The molecule has 5 heteroatoms. The van der Waals surface area contributed by atoms with Crippen LogP contribution in [0.5, 0.6) is 0 Å². The molecule has 0 saturated carbocycles. The van der Waals surface area contributed by atoms with Crippen LogP contribution >= 0.6 is 0 Å². The summed E-state index contributed by atoms with van der Waals surface area (Å²) in [5, 5.41) is 1.60. The minimum atomic E-state index is -1.43. The van der Waals surface area contributed by atoms with Crippen LogP contribution < -0.4 is 16.2 Å². The normalized spacial score (nSPS) is 19.1. The molecule has 25 heavy (non-hydrogen) atoms. The van der Waals surface area contributed by atoms with E-state index in [0.29, 0.717) is 11.3 Å². The molecule has 2 N–H and O–H groups in total. The number of nitrogens with two attached hydrogens (primary N) is 1. The molecule has 0 atom stereocenters. The van der Waals surface area contributed by atoms with E-state index in [4.69, 9.17) is 10.5 Å². The number of ether oxygens (including phenoxy) is 1. The van der Waals surface area contributed by atoms with Gasteiger partial charge in [0.1, 0.15) is 11.2 Å². The first-order valence-electron chi connectivity index (χ1n) is 7.79. The molecule has 0 unspecified atom stereocenters. The monoisotopic (exact) mass is 329 g/mol. The Morgan fingerprint density at radius 2 is 1.56 bits per heavy atom. The molecule has 1 aliphatic heterocycles. The lowest BCUT2D eigenvalue weighted by Crippen LogP contribution is -2.40. The van der Waals surface area contributed by atoms with Crippen molar-refractivity contribution in [2.45, 2.75) is 0 Å². The number of hydrogen-bond acceptors (Lipinski definition) is 5. The number of carbonyl (C=O) groups is 3. The highest BCUT2D eigenvalue weighted by atomic mass is 16.5. The van der Waals surface area contributed by atoms with Gasteiger partial charge in [0.15, 0.2) is 5.78 Å². The Bertz CT molecular complexity index is 1150. The van der Waals surface area contributed by atoms with Crippen LogP contribution in [0.4, 0.5) is 5.69 Å². The zero-order valence-electron chi connectivity index (χ0n) is 12.9. The van der Waals surface area contributed by atoms with Crippen LogP contribution in [-0.2, 0) is 14.3 Å². The van der Waals surface area contributed by atoms with Crippen LogP contribution in [0, 0.1) is 5.41 Å². The van der Waals surface area contributed by atoms with Crippen molar-refractivity contribution in [3.8, 4) is 0 Å². The van der Waals surface area contributed by atoms with Gasteiger partial charge >= 0.3 is 5.97 Å². The molecule has 2 aliphatic carbocycles. The van der Waals surface area contributed by atoms with Crippen LogP contribution in [0.25, 0.3) is 17.9 Å². The molecule has 5 rings (SSSR count). The van der Waals surface area contributed by atoms with Crippen molar-refractivity contribution >= 4 is 41.1 Å². The molecule has 1 heterocycles. The average Bonchev–Trinajstić information content (AvgIpc) is 3.11. The van der Waals surface area contributed by atoms with Crippen LogP contribution in [0.3, 0.4) is 0 Å². The fourth-order valence-electron chi connectivity index (χ4n) is 3.86. The van der Waals surface area contributed by atoms with Gasteiger partial charge in [0, 0.05) is 11.3 Å². The molecular formula is C20H11NO4. The molecule has 0 amide bonds. The fraction of sp³-hybridized carbons (Fsp3) is 0.0500. The standard InChI is InChI=1S/C20H11NO4/c21-13-7-3-6-12-14(13)16(22)15-17(12)25-19(24)18(23)20(15)8-10-4-1-2-5-11(10)9-20/h1-9H,21H2. The third-order valence-corrected chi connectivity index (χ3v) is 4.95. The molecule has 0 radical (unpaired) electrons. The Morgan fingerprint density at radius 3 is 2.24 bits per heavy atom. The van der Waals surface area contributed by atoms with Crippen molar-refractivity contribution < 1.29 is 19.1 Å². The Morgan fingerprint density at radius 1 is 0.880 bits per heavy atom. The van der Waals surface area contributed by atoms with Gasteiger partial charge in [-0.1, -0.05) is 48.6 Å². The maximum atomic E-state index is 13.1. The van der Waals surface area contributed by atoms with E-state index in [1.54, 1.807) is 30.4 Å². The molecule has 0 aromatic heterocycles. The number of anilines is 1. The first-order chi connectivity index (χ1) is 12.0. The predicted octanol–water partition coefficient (Wildman–Crippen LogP) is 0.563. The van der Waals surface area contributed by atoms with E-state index in [9.17, 15) is 14.4 Å². The summed E-state index contributed by atoms with van der Waals surface area (Å²) in [5.41, 5.74) is 5.74. The lowest BCUT2D eigenvalue weighted by molar-refractivity contribution is -0.151. The molecule has 0 saturated heterocycles. The number of hydrogen-bond donors (Lipinski definition) is 1. The SMILES string of the molecule is Nc1cccc2c1C(=O)C1=C2OC(=O)C(=O)C12C=c1ccccc1=C2. The average molecular weight is 329 g/mol. The zero-order chi connectivity index (χ0) is 17.3. The quantitative estimate of drug-likeness (QED) is 0.434. The molecular weight excluding hydrogens is 318 g/mol. The van der Waals surface area contributed by atoms with E-state index in [1.165, 1.54) is 0 Å². The van der Waals surface area contributed by atoms with Crippen molar-refractivity contribution in [2.24, 2.45) is 5.41 Å². The van der Waals surface area contributed by atoms with Gasteiger partial charge in [0.2, 0.25) is 0 Å². The van der Waals surface area contributed by atoms with Gasteiger partial charge < -0.3 is 10.5 Å². The largest absolute Gasteiger partial charge is 0.420 e. The van der Waals surface area contributed by atoms with Gasteiger partial charge in [-0.3, -0.25) is 9.59 Å². The summed E-state index contributed by atoms with van der Waals surface area (Å²) in [4.78, 5) is 38.1. The highest BCUT2D eigenvalue weighted by Crippen LogP contribution is 2.50. The van der Waals surface area contributed by atoms with E-state index in [0.717, 1.165) is 10.4 Å². The van der Waals surface area contributed by atoms with Gasteiger partial charge in [-0.15, -0.1) is 0 Å². The second-order valence-corrected chi connectivity index (χ2v) is 6.31. The van der Waals surface area contributed by atoms with E-state index in [1.807, 2.05) is 24.3 Å². The summed E-state index contributed by atoms with van der Waals surface area (Å²) < 4.78 is 5.23. The number of nitrogen functional groups attached to an aromatic ring is 1. The first kappa shape index (κ1) is 13.9. The summed E-state index contributed by atoms with van der Waals surface area (Å²) in [6.07, 6.45) is 3.33. The van der Waals surface area contributed by atoms with Gasteiger partial charge in [0.25, 0.3) is 5.78 Å². The number of esters is 1. The van der Waals surface area contributed by atoms with Crippen molar-refractivity contribution in [3.05, 3.63) is 69.6 Å². The van der Waals surface area contributed by atoms with Crippen LogP contribution in [0.1, 0.15) is 15.9 Å². The second kappa shape index (κ2) is 4.33. The van der Waals surface area contributed by atoms with E-state index < -0.39 is 17.2 Å². The highest BCUT2D eigenvalue weighted by molar-refractivity contribution is 6.46. The lowest BCUT2D eigenvalue weighted by Gasteiger charge is -2.28. The molecule has 2 aromatic rings. The molecule has 5 nitrogen and oxygen atoms in total. The third kappa shape index (κ3) is 1.55. The molecule has 3 aliphatic rings. The molecule has 2 aromatic carbocycles. The van der Waals surface area contributed by atoms with Gasteiger partial charge in [-0.05, 0) is 16.5 Å². The van der Waals surface area contributed by atoms with Crippen molar-refractivity contribution in [2.75, 3.05) is 5.73 Å². The van der Waals surface area contributed by atoms with Crippen molar-refractivity contribution in [1.82, 2.24) is 0 Å². The summed E-state index contributed by atoms with van der Waals surface area (Å²) >= 11 is 0. The lowest BCUT2D eigenvalue weighted by atomic mass is 9.74. The number of fused-ring (bicyclic) bond motifs is 4. The second-order valence-electron chi connectivity index (χ2n) is 6.31. The van der Waals surface area contributed by atoms with E-state index in [-0.39, 0.29) is 22.7 Å². The summed E-state index contributed by atoms with van der Waals surface area (Å²) in [6.45, 7) is 0. The van der Waals surface area contributed by atoms with Crippen LogP contribution in [0.2, 0.25) is 0 Å². The van der Waals surface area contributed by atoms with E-state index in [2.05, 4.69) is 0 Å². The first-order valence-corrected chi connectivity index (χ1v) is 7.79. The van der Waals surface area contributed by atoms with Crippen LogP contribution in [-0.4, -0.2) is 17.5 Å². The Balaban J connectivity index is 1.88. The number of rotatable bonds is 0. The zero-order valence-corrected chi connectivity index (χ0v) is 12.9. The minimum absolute atomic E-state index is 0.136. The van der Waals surface area contributed by atoms with Crippen molar-refractivity contribution in [1.29, 1.82) is 0 Å². The Kier molecular flexibility index (Phi) is 2.41. The Labute approximate surface area is 141 Å². The molecule has 0 fully saturated rings.